The summed E-state index contributed by atoms with van der Waals surface area (Å²) in [6.45, 7) is 6.09. The molecule has 0 atom stereocenters. The zero-order valence-electron chi connectivity index (χ0n) is 20.7. The summed E-state index contributed by atoms with van der Waals surface area (Å²) in [5, 5.41) is 6.91. The van der Waals surface area contributed by atoms with E-state index in [1.165, 1.54) is 43.2 Å². The highest BCUT2D eigenvalue weighted by atomic mass is 127. The van der Waals surface area contributed by atoms with Crippen molar-refractivity contribution in [1.82, 2.24) is 15.5 Å². The SMILES string of the molecule is CN=C(NCCCOCC1CCOCC1)NCc1ccccc1CN(C)C1CCCCC1.I. The van der Waals surface area contributed by atoms with E-state index in [-0.39, 0.29) is 24.0 Å². The van der Waals surface area contributed by atoms with Crippen LogP contribution in [0.25, 0.3) is 0 Å². The van der Waals surface area contributed by atoms with Crippen LogP contribution in [-0.2, 0) is 22.6 Å². The van der Waals surface area contributed by atoms with Crippen LogP contribution in [0.4, 0.5) is 0 Å². The summed E-state index contributed by atoms with van der Waals surface area (Å²) in [5.41, 5.74) is 2.75. The van der Waals surface area contributed by atoms with Crippen molar-refractivity contribution in [3.05, 3.63) is 35.4 Å². The first kappa shape index (κ1) is 28.3. The summed E-state index contributed by atoms with van der Waals surface area (Å²) in [6, 6.07) is 9.51. The van der Waals surface area contributed by atoms with Crippen molar-refractivity contribution in [3.8, 4) is 0 Å². The molecule has 1 heterocycles. The average molecular weight is 573 g/mol. The Kier molecular flexibility index (Phi) is 14.3. The van der Waals surface area contributed by atoms with Gasteiger partial charge in [-0.1, -0.05) is 43.5 Å². The predicted octanol–water partition coefficient (Wildman–Crippen LogP) is 4.57. The number of ether oxygens (including phenoxy) is 2. The predicted molar refractivity (Wildman–Crippen MR) is 147 cm³/mol. The maximum atomic E-state index is 5.86. The summed E-state index contributed by atoms with van der Waals surface area (Å²) in [6.07, 6.45) is 10.1. The van der Waals surface area contributed by atoms with Gasteiger partial charge in [0.05, 0.1) is 0 Å². The lowest BCUT2D eigenvalue weighted by atomic mass is 9.94. The van der Waals surface area contributed by atoms with E-state index >= 15 is 0 Å². The molecule has 0 radical (unpaired) electrons. The summed E-state index contributed by atoms with van der Waals surface area (Å²) >= 11 is 0. The van der Waals surface area contributed by atoms with Gasteiger partial charge in [0.15, 0.2) is 5.96 Å². The molecule has 2 N–H and O–H groups in total. The molecule has 7 heteroatoms. The van der Waals surface area contributed by atoms with Gasteiger partial charge in [-0.05, 0) is 56.2 Å². The van der Waals surface area contributed by atoms with Crippen LogP contribution in [0.1, 0.15) is 62.5 Å². The number of benzene rings is 1. The van der Waals surface area contributed by atoms with E-state index in [2.05, 4.69) is 51.8 Å². The molecule has 0 bridgehead atoms. The second kappa shape index (κ2) is 16.7. The topological polar surface area (TPSA) is 58.1 Å². The Hall–Kier alpha value is -0.900. The van der Waals surface area contributed by atoms with E-state index in [0.29, 0.717) is 5.92 Å². The molecule has 6 nitrogen and oxygen atoms in total. The molecule has 1 aromatic rings. The van der Waals surface area contributed by atoms with Crippen molar-refractivity contribution in [1.29, 1.82) is 0 Å². The number of hydrogen-bond acceptors (Lipinski definition) is 4. The molecule has 188 valence electrons. The zero-order valence-corrected chi connectivity index (χ0v) is 23.0. The van der Waals surface area contributed by atoms with E-state index in [1.807, 2.05) is 7.05 Å². The van der Waals surface area contributed by atoms with Crippen molar-refractivity contribution in [2.24, 2.45) is 10.9 Å². The van der Waals surface area contributed by atoms with Crippen molar-refractivity contribution >= 4 is 29.9 Å². The number of nitrogens with zero attached hydrogens (tertiary/aromatic N) is 2. The number of nitrogens with one attached hydrogen (secondary N) is 2. The van der Waals surface area contributed by atoms with Gasteiger partial charge in [-0.2, -0.15) is 0 Å². The summed E-state index contributed by atoms with van der Waals surface area (Å²) in [7, 11) is 4.12. The van der Waals surface area contributed by atoms with Crippen LogP contribution >= 0.6 is 24.0 Å². The maximum absolute atomic E-state index is 5.86. The van der Waals surface area contributed by atoms with Gasteiger partial charge < -0.3 is 20.1 Å². The molecule has 1 saturated heterocycles. The lowest BCUT2D eigenvalue weighted by molar-refractivity contribution is 0.0203. The Balaban J connectivity index is 0.00000385. The van der Waals surface area contributed by atoms with Crippen LogP contribution in [0.5, 0.6) is 0 Å². The molecule has 2 fully saturated rings. The monoisotopic (exact) mass is 572 g/mol. The number of aliphatic imine (C=N–C) groups is 1. The Bertz CT molecular complexity index is 676. The minimum atomic E-state index is 0. The molecular formula is C26H45IN4O2. The lowest BCUT2D eigenvalue weighted by Gasteiger charge is -2.31. The summed E-state index contributed by atoms with van der Waals surface area (Å²) < 4.78 is 11.3. The Morgan fingerprint density at radius 1 is 1.06 bits per heavy atom. The van der Waals surface area contributed by atoms with Gasteiger partial charge in [0.2, 0.25) is 0 Å². The number of rotatable bonds is 11. The van der Waals surface area contributed by atoms with Crippen LogP contribution in [0.3, 0.4) is 0 Å². The average Bonchev–Trinajstić information content (AvgIpc) is 2.85. The first-order valence-corrected chi connectivity index (χ1v) is 12.6. The fraction of sp³-hybridized carbons (Fsp3) is 0.731. The standard InChI is InChI=1S/C26H44N4O2.HI/c1-27-26(28-15-8-16-32-21-22-13-17-31-18-14-22)29-19-23-9-6-7-10-24(23)20-30(2)25-11-4-3-5-12-25;/h6-7,9-10,22,25H,3-5,8,11-21H2,1-2H3,(H2,27,28,29);1H. The van der Waals surface area contributed by atoms with E-state index in [9.17, 15) is 0 Å². The highest BCUT2D eigenvalue weighted by molar-refractivity contribution is 14.0. The molecule has 0 aromatic heterocycles. The largest absolute Gasteiger partial charge is 0.381 e. The molecule has 1 aliphatic heterocycles. The van der Waals surface area contributed by atoms with Crippen LogP contribution in [0, 0.1) is 5.92 Å². The third kappa shape index (κ3) is 10.5. The molecule has 3 rings (SSSR count). The summed E-state index contributed by atoms with van der Waals surface area (Å²) in [4.78, 5) is 6.93. The number of guanidine groups is 1. The van der Waals surface area contributed by atoms with Gasteiger partial charge in [0.1, 0.15) is 0 Å². The van der Waals surface area contributed by atoms with Gasteiger partial charge in [-0.25, -0.2) is 0 Å². The highest BCUT2D eigenvalue weighted by Crippen LogP contribution is 2.23. The molecule has 1 aromatic carbocycles. The number of hydrogen-bond donors (Lipinski definition) is 2. The zero-order chi connectivity index (χ0) is 22.4. The molecular weight excluding hydrogens is 527 g/mol. The minimum Gasteiger partial charge on any atom is -0.381 e. The first-order valence-electron chi connectivity index (χ1n) is 12.6. The maximum Gasteiger partial charge on any atom is 0.191 e. The van der Waals surface area contributed by atoms with Crippen molar-refractivity contribution in [2.45, 2.75) is 70.5 Å². The van der Waals surface area contributed by atoms with Crippen molar-refractivity contribution in [2.75, 3.05) is 47.1 Å². The van der Waals surface area contributed by atoms with E-state index < -0.39 is 0 Å². The van der Waals surface area contributed by atoms with Crippen LogP contribution in [-0.4, -0.2) is 64.0 Å². The minimum absolute atomic E-state index is 0. The second-order valence-corrected chi connectivity index (χ2v) is 9.31. The van der Waals surface area contributed by atoms with Gasteiger partial charge in [0.25, 0.3) is 0 Å². The summed E-state index contributed by atoms with van der Waals surface area (Å²) in [5.74, 6) is 1.52. The van der Waals surface area contributed by atoms with E-state index in [4.69, 9.17) is 9.47 Å². The Labute approximate surface area is 218 Å². The van der Waals surface area contributed by atoms with Crippen LogP contribution in [0.2, 0.25) is 0 Å². The number of halogens is 1. The van der Waals surface area contributed by atoms with Gasteiger partial charge >= 0.3 is 0 Å². The van der Waals surface area contributed by atoms with Crippen molar-refractivity contribution < 1.29 is 9.47 Å². The second-order valence-electron chi connectivity index (χ2n) is 9.31. The molecule has 0 amide bonds. The normalized spacial score (nSPS) is 18.2. The van der Waals surface area contributed by atoms with E-state index in [1.54, 1.807) is 0 Å². The first-order chi connectivity index (χ1) is 15.8. The third-order valence-corrected chi connectivity index (χ3v) is 6.86. The molecule has 2 aliphatic rings. The van der Waals surface area contributed by atoms with Gasteiger partial charge in [0, 0.05) is 59.2 Å². The third-order valence-electron chi connectivity index (χ3n) is 6.86. The highest BCUT2D eigenvalue weighted by Gasteiger charge is 2.18. The molecule has 0 unspecified atom stereocenters. The van der Waals surface area contributed by atoms with Crippen molar-refractivity contribution in [3.63, 3.8) is 0 Å². The fourth-order valence-corrected chi connectivity index (χ4v) is 4.75. The van der Waals surface area contributed by atoms with Crippen LogP contribution < -0.4 is 10.6 Å². The smallest absolute Gasteiger partial charge is 0.191 e. The Morgan fingerprint density at radius 2 is 1.79 bits per heavy atom. The lowest BCUT2D eigenvalue weighted by Crippen LogP contribution is -2.38. The fourth-order valence-electron chi connectivity index (χ4n) is 4.75. The van der Waals surface area contributed by atoms with Crippen LogP contribution in [0.15, 0.2) is 29.3 Å². The molecule has 1 saturated carbocycles. The Morgan fingerprint density at radius 3 is 2.52 bits per heavy atom. The van der Waals surface area contributed by atoms with Gasteiger partial charge in [-0.3, -0.25) is 9.89 Å². The molecule has 33 heavy (non-hydrogen) atoms. The molecule has 1 aliphatic carbocycles. The quantitative estimate of drug-likeness (QED) is 0.176. The molecule has 0 spiro atoms. The van der Waals surface area contributed by atoms with E-state index in [0.717, 1.165) is 77.3 Å². The van der Waals surface area contributed by atoms with Gasteiger partial charge in [-0.15, -0.1) is 24.0 Å².